The van der Waals surface area contributed by atoms with Crippen LogP contribution in [0.5, 0.6) is 11.5 Å². The Balaban J connectivity index is 0.000000116. The lowest BCUT2D eigenvalue weighted by Gasteiger charge is -2.41. The summed E-state index contributed by atoms with van der Waals surface area (Å²) in [4.78, 5) is 11.6. The van der Waals surface area contributed by atoms with E-state index >= 15 is 0 Å². The van der Waals surface area contributed by atoms with E-state index in [1.807, 2.05) is 65.9 Å². The van der Waals surface area contributed by atoms with Crippen molar-refractivity contribution in [3.05, 3.63) is 447 Å². The van der Waals surface area contributed by atoms with Gasteiger partial charge in [0, 0.05) is 99.4 Å². The van der Waals surface area contributed by atoms with Crippen LogP contribution in [0.3, 0.4) is 0 Å². The van der Waals surface area contributed by atoms with Crippen molar-refractivity contribution in [3.8, 4) is 11.5 Å². The number of nitrogens with zero attached hydrogens (tertiary/aromatic N) is 5. The Labute approximate surface area is 777 Å². The summed E-state index contributed by atoms with van der Waals surface area (Å²) < 4.78 is 21.0. The van der Waals surface area contributed by atoms with Crippen molar-refractivity contribution < 1.29 is 13.6 Å². The molecule has 21 rings (SSSR count). The lowest BCUT2D eigenvalue weighted by atomic mass is 9.87. The van der Waals surface area contributed by atoms with Gasteiger partial charge in [0.25, 0.3) is 0 Å². The van der Waals surface area contributed by atoms with Gasteiger partial charge in [-0.3, -0.25) is 0 Å². The van der Waals surface area contributed by atoms with Gasteiger partial charge >= 0.3 is 0 Å². The molecule has 0 spiro atoms. The molecule has 20 aromatic rings. The summed E-state index contributed by atoms with van der Waals surface area (Å²) in [5, 5.41) is 7.21. The molecule has 0 N–H and O–H groups in total. The molecule has 0 fully saturated rings. The SMILES string of the molecule is CC(C)(C)N1c2ccccc2Oc2ccccc21.CC(C)(C)c1ccc(N(c2ccccc2)c2ccc3oc4ccccc4c3c2)cc1.CC(C)(C)c1ccc(N(c2ccccc2)c2cccc3c2oc2ccccc23)cc1.CC(C)(C)c1ccc(N(c2ccccc2)c2cccc3c2sc2ccccc23)cc1.CC(C)(C)c1ccc(N(c2ccccc2)c2ccccc2)cc1. The van der Waals surface area contributed by atoms with Gasteiger partial charge in [-0.15, -0.1) is 11.3 Å². The number of ether oxygens (including phenoxy) is 1. The maximum absolute atomic E-state index is 6.34. The highest BCUT2D eigenvalue weighted by Gasteiger charge is 2.33. The van der Waals surface area contributed by atoms with Crippen LogP contribution in [-0.4, -0.2) is 5.54 Å². The minimum atomic E-state index is 0.00991. The maximum Gasteiger partial charge on any atom is 0.159 e. The average Bonchev–Trinajstić information content (AvgIpc) is 1.75. The molecule has 0 atom stereocenters. The van der Waals surface area contributed by atoms with Crippen molar-refractivity contribution in [1.82, 2.24) is 0 Å². The van der Waals surface area contributed by atoms with Crippen molar-refractivity contribution in [1.29, 1.82) is 0 Å². The molecule has 0 bridgehead atoms. The van der Waals surface area contributed by atoms with E-state index in [0.717, 1.165) is 101 Å². The number of hydrogen-bond donors (Lipinski definition) is 0. The van der Waals surface area contributed by atoms with Gasteiger partial charge in [0.2, 0.25) is 0 Å². The van der Waals surface area contributed by atoms with E-state index in [-0.39, 0.29) is 27.2 Å². The Bertz CT molecular complexity index is 6930. The molecule has 0 radical (unpaired) electrons. The lowest BCUT2D eigenvalue weighted by Crippen LogP contribution is -2.39. The summed E-state index contributed by atoms with van der Waals surface area (Å²) in [6.07, 6.45) is 0. The van der Waals surface area contributed by atoms with E-state index < -0.39 is 0 Å². The van der Waals surface area contributed by atoms with E-state index in [1.54, 1.807) is 0 Å². The largest absolute Gasteiger partial charge is 0.456 e. The summed E-state index contributed by atoms with van der Waals surface area (Å²) in [5.41, 5.74) is 25.6. The summed E-state index contributed by atoms with van der Waals surface area (Å²) in [7, 11) is 0. The van der Waals surface area contributed by atoms with Crippen molar-refractivity contribution in [2.24, 2.45) is 0 Å². The zero-order chi connectivity index (χ0) is 91.2. The average molecular weight is 1730 g/mol. The van der Waals surface area contributed by atoms with E-state index in [4.69, 9.17) is 13.6 Å². The van der Waals surface area contributed by atoms with Gasteiger partial charge < -0.3 is 38.1 Å². The molecule has 1 aliphatic rings. The van der Waals surface area contributed by atoms with Crippen LogP contribution in [-0.2, 0) is 21.7 Å². The number of furan rings is 2. The monoisotopic (exact) mass is 1730 g/mol. The maximum atomic E-state index is 6.34. The number of para-hydroxylation sites is 12. The van der Waals surface area contributed by atoms with Gasteiger partial charge in [-0.2, -0.15) is 0 Å². The number of fused-ring (bicyclic) bond motifs is 11. The quantitative estimate of drug-likeness (QED) is 0.120. The first-order chi connectivity index (χ1) is 63.2. The highest BCUT2D eigenvalue weighted by atomic mass is 32.1. The fraction of sp³-hybridized carbons (Fsp3) is 0.164. The standard InChI is InChI=1S/2C28H25NO.C28H25NS.C22H23N.C16H17NO/c1-28(2,3)20-16-18-22(19-17-20)29(21-10-5-4-6-11-21)25-14-9-13-24-23-12-7-8-15-26(23)30-27(24)25;1-28(2,3)20-13-15-22(16-14-20)29(21-9-5-4-6-10-21)23-17-18-27-25(19-23)24-11-7-8-12-26(24)30-27;1-28(2,3)20-16-18-22(19-17-20)29(21-10-5-4-6-11-21)25-14-9-13-24-23-12-7-8-15-26(23)30-27(24)25;1-22(2,3)18-14-16-21(17-15-18)23(19-10-6-4-7-11-19)20-12-8-5-9-13-20;1-16(2,3)17-12-8-4-6-10-14(12)18-15-11-7-5-9-13(15)17/h3*4-19H,1-3H3;4-17H,1-3H3;4-11H,1-3H3. The lowest BCUT2D eigenvalue weighted by molar-refractivity contribution is 0.451. The predicted octanol–water partition coefficient (Wildman–Crippen LogP) is 36.7. The number of rotatable bonds is 12. The van der Waals surface area contributed by atoms with Gasteiger partial charge in [-0.1, -0.05) is 326 Å². The summed E-state index contributed by atoms with van der Waals surface area (Å²) in [6, 6.07) is 149. The Morgan fingerprint density at radius 2 is 0.519 bits per heavy atom. The second-order valence-electron chi connectivity index (χ2n) is 38.5. The molecule has 17 aromatic carbocycles. The molecule has 9 heteroatoms. The van der Waals surface area contributed by atoms with E-state index in [0.29, 0.717) is 0 Å². The molecule has 1 aliphatic heterocycles. The molecular weight excluding hydrogens is 1620 g/mol. The number of anilines is 14. The third-order valence-corrected chi connectivity index (χ3v) is 25.2. The molecule has 0 saturated heterocycles. The minimum Gasteiger partial charge on any atom is -0.456 e. The van der Waals surface area contributed by atoms with Crippen molar-refractivity contribution >= 4 is 155 Å². The first-order valence-corrected chi connectivity index (χ1v) is 46.3. The molecule has 3 aromatic heterocycles. The highest BCUT2D eigenvalue weighted by Crippen LogP contribution is 2.52. The molecule has 0 aliphatic carbocycles. The third kappa shape index (κ3) is 19.6. The molecule has 0 saturated carbocycles. The van der Waals surface area contributed by atoms with Crippen LogP contribution in [0.25, 0.3) is 64.0 Å². The molecular formula is C122H115N5O3S. The Hall–Kier alpha value is -14.6. The predicted molar refractivity (Wildman–Crippen MR) is 562 cm³/mol. The van der Waals surface area contributed by atoms with E-state index in [1.165, 1.54) is 76.6 Å². The number of benzene rings is 17. The molecule has 0 unspecified atom stereocenters. The number of hydrogen-bond acceptors (Lipinski definition) is 9. The third-order valence-electron chi connectivity index (χ3n) is 24.0. The van der Waals surface area contributed by atoms with Crippen LogP contribution in [0.1, 0.15) is 126 Å². The molecule has 8 nitrogen and oxygen atoms in total. The summed E-state index contributed by atoms with van der Waals surface area (Å²) in [5.74, 6) is 1.84. The van der Waals surface area contributed by atoms with E-state index in [9.17, 15) is 0 Å². The van der Waals surface area contributed by atoms with Crippen molar-refractivity contribution in [2.45, 2.75) is 131 Å². The molecule has 652 valence electrons. The Kier molecular flexibility index (Phi) is 25.4. The topological polar surface area (TPSA) is 51.7 Å². The van der Waals surface area contributed by atoms with Gasteiger partial charge in [0.1, 0.15) is 16.7 Å². The van der Waals surface area contributed by atoms with Gasteiger partial charge in [0.05, 0.1) is 27.4 Å². The first kappa shape index (κ1) is 88.4. The van der Waals surface area contributed by atoms with Crippen LogP contribution in [0.4, 0.5) is 79.6 Å². The molecule has 0 amide bonds. The van der Waals surface area contributed by atoms with Gasteiger partial charge in [-0.25, -0.2) is 0 Å². The van der Waals surface area contributed by atoms with Crippen LogP contribution < -0.4 is 29.2 Å². The second-order valence-corrected chi connectivity index (χ2v) is 39.6. The Morgan fingerprint density at radius 1 is 0.221 bits per heavy atom. The second kappa shape index (κ2) is 37.6. The molecule has 131 heavy (non-hydrogen) atoms. The zero-order valence-corrected chi connectivity index (χ0v) is 78.6. The normalized spacial score (nSPS) is 12.0. The van der Waals surface area contributed by atoms with Crippen LogP contribution in [0, 0.1) is 0 Å². The van der Waals surface area contributed by atoms with Crippen LogP contribution in [0.2, 0.25) is 0 Å². The van der Waals surface area contributed by atoms with Crippen molar-refractivity contribution in [3.63, 3.8) is 0 Å². The zero-order valence-electron chi connectivity index (χ0n) is 77.8. The van der Waals surface area contributed by atoms with Gasteiger partial charge in [-0.05, 0) is 247 Å². The Morgan fingerprint density at radius 3 is 0.939 bits per heavy atom. The van der Waals surface area contributed by atoms with Crippen molar-refractivity contribution in [2.75, 3.05) is 24.5 Å². The van der Waals surface area contributed by atoms with E-state index in [2.05, 4.69) is 498 Å². The fourth-order valence-corrected chi connectivity index (χ4v) is 18.4. The van der Waals surface area contributed by atoms with Gasteiger partial charge in [0.15, 0.2) is 17.1 Å². The summed E-state index contributed by atoms with van der Waals surface area (Å²) >= 11 is 1.87. The smallest absolute Gasteiger partial charge is 0.159 e. The fourth-order valence-electron chi connectivity index (χ4n) is 17.2. The first-order valence-electron chi connectivity index (χ1n) is 45.4. The highest BCUT2D eigenvalue weighted by molar-refractivity contribution is 7.26. The number of thiophene rings is 1. The van der Waals surface area contributed by atoms with Crippen LogP contribution in [0.15, 0.2) is 433 Å². The molecule has 4 heterocycles. The van der Waals surface area contributed by atoms with Crippen LogP contribution >= 0.6 is 11.3 Å². The summed E-state index contributed by atoms with van der Waals surface area (Å²) in [6.45, 7) is 33.6. The minimum absolute atomic E-state index is 0.00991.